The number of amides is 1. The van der Waals surface area contributed by atoms with Gasteiger partial charge in [0.15, 0.2) is 0 Å². The molecule has 0 aliphatic rings. The van der Waals surface area contributed by atoms with Crippen LogP contribution in [0.15, 0.2) is 0 Å². The van der Waals surface area contributed by atoms with E-state index < -0.39 is 17.4 Å². The van der Waals surface area contributed by atoms with Crippen LogP contribution in [0.1, 0.15) is 37.2 Å². The highest BCUT2D eigenvalue weighted by Gasteiger charge is 2.36. The van der Waals surface area contributed by atoms with Gasteiger partial charge in [0.05, 0.1) is 22.2 Å². The van der Waals surface area contributed by atoms with Crippen molar-refractivity contribution in [3.05, 3.63) is 25.9 Å². The zero-order valence-electron chi connectivity index (χ0n) is 12.1. The molecule has 1 heterocycles. The Hall–Kier alpha value is -0.750. The van der Waals surface area contributed by atoms with Crippen molar-refractivity contribution in [2.45, 2.75) is 32.2 Å². The molecule has 1 atom stereocenters. The van der Waals surface area contributed by atoms with Crippen LogP contribution in [0.5, 0.6) is 0 Å². The summed E-state index contributed by atoms with van der Waals surface area (Å²) in [6.45, 7) is 3.42. The van der Waals surface area contributed by atoms with Crippen LogP contribution in [0.25, 0.3) is 0 Å². The summed E-state index contributed by atoms with van der Waals surface area (Å²) < 4.78 is 4.72. The number of esters is 1. The third kappa shape index (κ3) is 3.96. The van der Waals surface area contributed by atoms with E-state index in [2.05, 4.69) is 10.3 Å². The second kappa shape index (κ2) is 7.68. The number of hydrogen-bond donors (Lipinski definition) is 1. The molecular formula is C13H14Cl4N2O3. The van der Waals surface area contributed by atoms with Crippen LogP contribution in [0, 0.1) is 0 Å². The molecule has 1 N–H and O–H groups in total. The molecule has 9 heteroatoms. The van der Waals surface area contributed by atoms with E-state index in [1.165, 1.54) is 7.11 Å². The maximum atomic E-state index is 12.4. The molecule has 0 radical (unpaired) electrons. The molecule has 0 aromatic carbocycles. The average molecular weight is 388 g/mol. The fraction of sp³-hybridized carbons (Fsp3) is 0.462. The maximum absolute atomic E-state index is 12.4. The first-order chi connectivity index (χ1) is 10.2. The van der Waals surface area contributed by atoms with Crippen molar-refractivity contribution in [1.82, 2.24) is 10.3 Å². The lowest BCUT2D eigenvalue weighted by Crippen LogP contribution is -2.53. The first-order valence-electron chi connectivity index (χ1n) is 6.28. The number of carbonyl (C=O) groups excluding carboxylic acids is 2. The smallest absolute Gasteiger partial charge is 0.331 e. The third-order valence-electron chi connectivity index (χ3n) is 2.97. The fourth-order valence-corrected chi connectivity index (χ4v) is 2.70. The number of hydrogen-bond acceptors (Lipinski definition) is 4. The average Bonchev–Trinajstić information content (AvgIpc) is 2.47. The molecule has 22 heavy (non-hydrogen) atoms. The largest absolute Gasteiger partial charge is 0.467 e. The van der Waals surface area contributed by atoms with Gasteiger partial charge in [-0.05, 0) is 13.3 Å². The molecule has 1 amide bonds. The number of methoxy groups -OCH3 is 1. The molecule has 0 saturated carbocycles. The van der Waals surface area contributed by atoms with Crippen LogP contribution in [0.3, 0.4) is 0 Å². The van der Waals surface area contributed by atoms with Crippen LogP contribution in [-0.2, 0) is 9.53 Å². The van der Waals surface area contributed by atoms with E-state index >= 15 is 0 Å². The maximum Gasteiger partial charge on any atom is 0.331 e. The molecule has 1 aromatic heterocycles. The number of pyridine rings is 1. The monoisotopic (exact) mass is 386 g/mol. The Balaban J connectivity index is 3.19. The van der Waals surface area contributed by atoms with Crippen LogP contribution >= 0.6 is 46.4 Å². The van der Waals surface area contributed by atoms with Gasteiger partial charge < -0.3 is 10.1 Å². The van der Waals surface area contributed by atoms with Gasteiger partial charge in [0, 0.05) is 0 Å². The quantitative estimate of drug-likeness (QED) is 0.608. The Morgan fingerprint density at radius 2 is 1.77 bits per heavy atom. The lowest BCUT2D eigenvalue weighted by Gasteiger charge is -2.27. The number of ether oxygens (including phenoxy) is 1. The highest BCUT2D eigenvalue weighted by molar-refractivity contribution is 6.52. The summed E-state index contributed by atoms with van der Waals surface area (Å²) in [7, 11) is 1.24. The predicted octanol–water partition coefficient (Wildman–Crippen LogP) is 4.16. The minimum Gasteiger partial charge on any atom is -0.467 e. The number of halogens is 4. The van der Waals surface area contributed by atoms with Crippen LogP contribution in [-0.4, -0.2) is 29.5 Å². The van der Waals surface area contributed by atoms with Crippen LogP contribution in [0.2, 0.25) is 20.2 Å². The number of nitrogens with zero attached hydrogens (tertiary/aromatic N) is 1. The van der Waals surface area contributed by atoms with E-state index in [0.717, 1.165) is 0 Å². The summed E-state index contributed by atoms with van der Waals surface area (Å²) in [5.74, 6) is -1.28. The minimum absolute atomic E-state index is 0.0471. The highest BCUT2D eigenvalue weighted by atomic mass is 35.5. The first kappa shape index (κ1) is 19.3. The minimum atomic E-state index is -1.22. The zero-order valence-corrected chi connectivity index (χ0v) is 15.1. The van der Waals surface area contributed by atoms with Crippen molar-refractivity contribution < 1.29 is 14.3 Å². The van der Waals surface area contributed by atoms with E-state index in [4.69, 9.17) is 51.1 Å². The molecule has 0 bridgehead atoms. The SMILES string of the molecule is CCCC(C)(NC(=O)c1nc(Cl)c(Cl)c(Cl)c1Cl)C(=O)OC. The third-order valence-corrected chi connectivity index (χ3v) is 4.65. The Morgan fingerprint density at radius 1 is 1.18 bits per heavy atom. The van der Waals surface area contributed by atoms with Crippen molar-refractivity contribution in [1.29, 1.82) is 0 Å². The van der Waals surface area contributed by atoms with Crippen molar-refractivity contribution in [3.8, 4) is 0 Å². The normalized spacial score (nSPS) is 13.4. The Labute approximate surface area is 148 Å². The summed E-state index contributed by atoms with van der Waals surface area (Å²) in [6.07, 6.45) is 1.02. The van der Waals surface area contributed by atoms with Crippen LogP contribution in [0.4, 0.5) is 0 Å². The van der Waals surface area contributed by atoms with Gasteiger partial charge in [-0.2, -0.15) is 0 Å². The molecule has 1 aromatic rings. The van der Waals surface area contributed by atoms with Gasteiger partial charge in [-0.25, -0.2) is 9.78 Å². The van der Waals surface area contributed by atoms with Gasteiger partial charge in [0.1, 0.15) is 16.4 Å². The van der Waals surface area contributed by atoms with Crippen molar-refractivity contribution in [2.24, 2.45) is 0 Å². The van der Waals surface area contributed by atoms with Gasteiger partial charge >= 0.3 is 5.97 Å². The topological polar surface area (TPSA) is 68.3 Å². The Bertz CT molecular complexity index is 609. The highest BCUT2D eigenvalue weighted by Crippen LogP contribution is 2.36. The number of carbonyl (C=O) groups is 2. The fourth-order valence-electron chi connectivity index (χ4n) is 1.89. The second-order valence-corrected chi connectivity index (χ2v) is 6.21. The summed E-state index contributed by atoms with van der Waals surface area (Å²) in [6, 6.07) is 0. The summed E-state index contributed by atoms with van der Waals surface area (Å²) in [5, 5.41) is 2.13. The van der Waals surface area contributed by atoms with E-state index in [1.54, 1.807) is 6.92 Å². The molecule has 122 valence electrons. The van der Waals surface area contributed by atoms with E-state index in [1.807, 2.05) is 6.92 Å². The molecule has 0 aliphatic heterocycles. The van der Waals surface area contributed by atoms with Crippen LogP contribution < -0.4 is 5.32 Å². The summed E-state index contributed by atoms with van der Waals surface area (Å²) in [5.41, 5.74) is -1.43. The molecule has 0 aliphatic carbocycles. The zero-order chi connectivity index (χ0) is 17.1. The Morgan fingerprint density at radius 3 is 2.27 bits per heavy atom. The molecule has 0 spiro atoms. The second-order valence-electron chi connectivity index (χ2n) is 4.72. The summed E-state index contributed by atoms with van der Waals surface area (Å²) in [4.78, 5) is 28.1. The van der Waals surface area contributed by atoms with Crippen molar-refractivity contribution in [2.75, 3.05) is 7.11 Å². The molecule has 0 fully saturated rings. The molecule has 5 nitrogen and oxygen atoms in total. The van der Waals surface area contributed by atoms with Gasteiger partial charge in [-0.15, -0.1) is 0 Å². The predicted molar refractivity (Wildman–Crippen MR) is 87.1 cm³/mol. The first-order valence-corrected chi connectivity index (χ1v) is 7.80. The standard InChI is InChI=1S/C13H14Cl4N2O3/c1-4-5-13(2,12(21)22-3)19-11(20)9-7(15)6(14)8(16)10(17)18-9/h4-5H2,1-3H3,(H,19,20). The van der Waals surface area contributed by atoms with Gasteiger partial charge in [-0.1, -0.05) is 59.7 Å². The van der Waals surface area contributed by atoms with E-state index in [0.29, 0.717) is 12.8 Å². The number of aromatic nitrogens is 1. The lowest BCUT2D eigenvalue weighted by atomic mass is 9.96. The Kier molecular flexibility index (Phi) is 6.74. The molecule has 1 rings (SSSR count). The number of rotatable bonds is 5. The lowest BCUT2D eigenvalue weighted by molar-refractivity contribution is -0.147. The van der Waals surface area contributed by atoms with Crippen molar-refractivity contribution >= 4 is 58.3 Å². The molecular weight excluding hydrogens is 374 g/mol. The van der Waals surface area contributed by atoms with E-state index in [-0.39, 0.29) is 25.9 Å². The van der Waals surface area contributed by atoms with Gasteiger partial charge in [0.25, 0.3) is 5.91 Å². The van der Waals surface area contributed by atoms with Gasteiger partial charge in [-0.3, -0.25) is 4.79 Å². The number of nitrogens with one attached hydrogen (secondary N) is 1. The van der Waals surface area contributed by atoms with Gasteiger partial charge in [0.2, 0.25) is 0 Å². The molecule has 0 saturated heterocycles. The van der Waals surface area contributed by atoms with E-state index in [9.17, 15) is 9.59 Å². The molecule has 1 unspecified atom stereocenters. The van der Waals surface area contributed by atoms with Crippen molar-refractivity contribution in [3.63, 3.8) is 0 Å². The summed E-state index contributed by atoms with van der Waals surface area (Å²) >= 11 is 23.5.